The molecular weight excluding hydrogens is 328 g/mol. The van der Waals surface area contributed by atoms with E-state index in [1.807, 2.05) is 0 Å². The normalized spacial score (nSPS) is 25.8. The van der Waals surface area contributed by atoms with Crippen LogP contribution in [0.2, 0.25) is 0 Å². The van der Waals surface area contributed by atoms with Crippen LogP contribution in [0.4, 0.5) is 5.82 Å². The topological polar surface area (TPSA) is 81.4 Å². The van der Waals surface area contributed by atoms with Gasteiger partial charge in [0.05, 0.1) is 4.90 Å². The molecule has 3 atom stereocenters. The van der Waals surface area contributed by atoms with Gasteiger partial charge in [-0.1, -0.05) is 5.16 Å². The number of ether oxygens (including phenoxy) is 1. The van der Waals surface area contributed by atoms with Crippen LogP contribution < -0.4 is 9.46 Å². The zero-order chi connectivity index (χ0) is 16.7. The average Bonchev–Trinajstić information content (AvgIpc) is 3.25. The van der Waals surface area contributed by atoms with Crippen LogP contribution in [-0.2, 0) is 10.0 Å². The number of nitrogens with zero attached hydrogens (tertiary/aromatic N) is 1. The van der Waals surface area contributed by atoms with Crippen LogP contribution >= 0.6 is 0 Å². The minimum absolute atomic E-state index is 0.170. The third kappa shape index (κ3) is 3.00. The minimum atomic E-state index is -3.68. The van der Waals surface area contributed by atoms with Gasteiger partial charge in [-0.05, 0) is 68.7 Å². The van der Waals surface area contributed by atoms with E-state index in [2.05, 4.69) is 9.88 Å². The lowest BCUT2D eigenvalue weighted by atomic mass is 9.98. The van der Waals surface area contributed by atoms with E-state index in [1.54, 1.807) is 31.2 Å². The molecule has 2 bridgehead atoms. The Bertz CT molecular complexity index is 829. The number of aryl methyl sites for hydroxylation is 1. The van der Waals surface area contributed by atoms with E-state index >= 15 is 0 Å². The lowest BCUT2D eigenvalue weighted by Crippen LogP contribution is -2.23. The molecule has 1 aromatic heterocycles. The van der Waals surface area contributed by atoms with Crippen LogP contribution in [-0.4, -0.2) is 19.7 Å². The van der Waals surface area contributed by atoms with Gasteiger partial charge in [0, 0.05) is 6.07 Å². The largest absolute Gasteiger partial charge is 0.490 e. The van der Waals surface area contributed by atoms with Gasteiger partial charge >= 0.3 is 0 Å². The number of sulfonamides is 1. The van der Waals surface area contributed by atoms with Gasteiger partial charge in [-0.2, -0.15) is 0 Å². The number of aromatic nitrogens is 1. The van der Waals surface area contributed by atoms with Crippen molar-refractivity contribution in [2.24, 2.45) is 11.8 Å². The highest BCUT2D eigenvalue weighted by Crippen LogP contribution is 2.46. The average molecular weight is 348 g/mol. The first-order chi connectivity index (χ1) is 11.5. The first kappa shape index (κ1) is 15.5. The predicted molar refractivity (Wildman–Crippen MR) is 88.4 cm³/mol. The minimum Gasteiger partial charge on any atom is -0.490 e. The number of hydrogen-bond acceptors (Lipinski definition) is 5. The third-order valence-corrected chi connectivity index (χ3v) is 6.33. The molecule has 0 radical (unpaired) electrons. The van der Waals surface area contributed by atoms with Gasteiger partial charge in [-0.25, -0.2) is 8.42 Å². The lowest BCUT2D eigenvalue weighted by molar-refractivity contribution is 0.138. The molecule has 6 nitrogen and oxygen atoms in total. The molecule has 128 valence electrons. The first-order valence-corrected chi connectivity index (χ1v) is 9.71. The zero-order valence-corrected chi connectivity index (χ0v) is 14.3. The second-order valence-corrected chi connectivity index (χ2v) is 8.41. The molecule has 2 fully saturated rings. The molecular formula is C17H20N2O4S. The van der Waals surface area contributed by atoms with Gasteiger partial charge < -0.3 is 9.26 Å². The second-order valence-electron chi connectivity index (χ2n) is 6.73. The number of benzene rings is 1. The maximum atomic E-state index is 12.3. The highest BCUT2D eigenvalue weighted by Gasteiger charge is 2.40. The summed E-state index contributed by atoms with van der Waals surface area (Å²) < 4.78 is 38.0. The Morgan fingerprint density at radius 2 is 2.00 bits per heavy atom. The quantitative estimate of drug-likeness (QED) is 0.896. The van der Waals surface area contributed by atoms with Gasteiger partial charge in [0.15, 0.2) is 5.82 Å². The lowest BCUT2D eigenvalue weighted by Gasteiger charge is -2.23. The van der Waals surface area contributed by atoms with E-state index in [0.29, 0.717) is 11.7 Å². The van der Waals surface area contributed by atoms with Crippen molar-refractivity contribution >= 4 is 15.8 Å². The molecule has 1 aromatic carbocycles. The fourth-order valence-electron chi connectivity index (χ4n) is 3.81. The van der Waals surface area contributed by atoms with E-state index < -0.39 is 10.0 Å². The second kappa shape index (κ2) is 5.81. The van der Waals surface area contributed by atoms with Gasteiger partial charge in [-0.3, -0.25) is 4.72 Å². The monoisotopic (exact) mass is 348 g/mol. The molecule has 4 rings (SSSR count). The molecule has 0 spiro atoms. The van der Waals surface area contributed by atoms with Crippen LogP contribution in [0.3, 0.4) is 0 Å². The number of anilines is 1. The highest BCUT2D eigenvalue weighted by atomic mass is 32.2. The van der Waals surface area contributed by atoms with E-state index in [0.717, 1.165) is 18.1 Å². The van der Waals surface area contributed by atoms with Crippen LogP contribution in [0.15, 0.2) is 39.8 Å². The smallest absolute Gasteiger partial charge is 0.263 e. The molecule has 1 unspecified atom stereocenters. The van der Waals surface area contributed by atoms with Crippen molar-refractivity contribution in [2.45, 2.75) is 43.6 Å². The summed E-state index contributed by atoms with van der Waals surface area (Å²) in [6.07, 6.45) is 5.26. The number of nitrogens with one attached hydrogen (secondary N) is 1. The Morgan fingerprint density at radius 1 is 1.21 bits per heavy atom. The van der Waals surface area contributed by atoms with Crippen molar-refractivity contribution in [3.63, 3.8) is 0 Å². The Kier molecular flexibility index (Phi) is 3.75. The van der Waals surface area contributed by atoms with E-state index in [9.17, 15) is 8.42 Å². The maximum absolute atomic E-state index is 12.3. The van der Waals surface area contributed by atoms with Crippen LogP contribution in [0.1, 0.15) is 31.4 Å². The summed E-state index contributed by atoms with van der Waals surface area (Å²) in [5, 5.41) is 3.64. The zero-order valence-electron chi connectivity index (χ0n) is 13.4. The molecule has 0 saturated heterocycles. The Morgan fingerprint density at radius 3 is 2.58 bits per heavy atom. The summed E-state index contributed by atoms with van der Waals surface area (Å²) in [5.41, 5.74) is 0. The number of hydrogen-bond donors (Lipinski definition) is 1. The summed E-state index contributed by atoms with van der Waals surface area (Å²) in [7, 11) is -3.68. The van der Waals surface area contributed by atoms with Crippen molar-refractivity contribution in [2.75, 3.05) is 4.72 Å². The van der Waals surface area contributed by atoms with Gasteiger partial charge in [0.2, 0.25) is 0 Å². The molecule has 0 aliphatic heterocycles. The van der Waals surface area contributed by atoms with Crippen LogP contribution in [0, 0.1) is 18.8 Å². The predicted octanol–water partition coefficient (Wildman–Crippen LogP) is 3.35. The fraction of sp³-hybridized carbons (Fsp3) is 0.471. The molecule has 0 amide bonds. The highest BCUT2D eigenvalue weighted by molar-refractivity contribution is 7.92. The van der Waals surface area contributed by atoms with Crippen molar-refractivity contribution in [1.29, 1.82) is 0 Å². The summed E-state index contributed by atoms with van der Waals surface area (Å²) in [5.74, 6) is 2.92. The van der Waals surface area contributed by atoms with Gasteiger partial charge in [0.25, 0.3) is 10.0 Å². The van der Waals surface area contributed by atoms with Crippen molar-refractivity contribution in [1.82, 2.24) is 5.16 Å². The Labute approximate surface area is 141 Å². The van der Waals surface area contributed by atoms with Crippen molar-refractivity contribution in [3.8, 4) is 5.75 Å². The first-order valence-electron chi connectivity index (χ1n) is 8.22. The molecule has 2 aliphatic rings. The summed E-state index contributed by atoms with van der Waals surface area (Å²) in [6, 6.07) is 8.07. The summed E-state index contributed by atoms with van der Waals surface area (Å²) in [4.78, 5) is 0.170. The molecule has 7 heteroatoms. The van der Waals surface area contributed by atoms with Gasteiger partial charge in [0.1, 0.15) is 17.6 Å². The SMILES string of the molecule is Cc1cc(NS(=O)(=O)c2ccc(O[C@H]3CC4CC[C@H]3C4)cc2)no1. The Balaban J connectivity index is 1.45. The molecule has 24 heavy (non-hydrogen) atoms. The number of fused-ring (bicyclic) bond motifs is 2. The molecule has 1 heterocycles. The van der Waals surface area contributed by atoms with Crippen molar-refractivity contribution in [3.05, 3.63) is 36.1 Å². The summed E-state index contributed by atoms with van der Waals surface area (Å²) >= 11 is 0. The number of rotatable bonds is 5. The van der Waals surface area contributed by atoms with Crippen LogP contribution in [0.5, 0.6) is 5.75 Å². The maximum Gasteiger partial charge on any atom is 0.263 e. The summed E-state index contributed by atoms with van der Waals surface area (Å²) in [6.45, 7) is 1.70. The van der Waals surface area contributed by atoms with E-state index in [4.69, 9.17) is 9.26 Å². The molecule has 2 saturated carbocycles. The van der Waals surface area contributed by atoms with Crippen LogP contribution in [0.25, 0.3) is 0 Å². The Hall–Kier alpha value is -2.02. The standard InChI is InChI=1S/C17H20N2O4S/c1-11-8-17(18-23-11)19-24(20,21)15-6-4-14(5-7-15)22-16-10-12-2-3-13(16)9-12/h4-8,12-13,16H,2-3,9-10H2,1H3,(H,18,19)/t12?,13-,16-/m0/s1. The van der Waals surface area contributed by atoms with E-state index in [-0.39, 0.29) is 16.8 Å². The third-order valence-electron chi connectivity index (χ3n) is 4.96. The van der Waals surface area contributed by atoms with Gasteiger partial charge in [-0.15, -0.1) is 0 Å². The molecule has 1 N–H and O–H groups in total. The molecule has 2 aliphatic carbocycles. The van der Waals surface area contributed by atoms with Crippen molar-refractivity contribution < 1.29 is 17.7 Å². The van der Waals surface area contributed by atoms with E-state index in [1.165, 1.54) is 25.3 Å². The molecule has 2 aromatic rings. The fourth-order valence-corrected chi connectivity index (χ4v) is 4.80.